The highest BCUT2D eigenvalue weighted by Crippen LogP contribution is 2.76. The third kappa shape index (κ3) is 5.61. The summed E-state index contributed by atoms with van der Waals surface area (Å²) >= 11 is 0. The lowest BCUT2D eigenvalue weighted by molar-refractivity contribution is -0.219. The summed E-state index contributed by atoms with van der Waals surface area (Å²) in [6.07, 6.45) is 14.0. The van der Waals surface area contributed by atoms with Crippen LogP contribution < -0.4 is 5.32 Å². The van der Waals surface area contributed by atoms with E-state index in [4.69, 9.17) is 4.74 Å². The molecule has 0 bridgehead atoms. The summed E-state index contributed by atoms with van der Waals surface area (Å²) in [6.45, 7) is 23.6. The van der Waals surface area contributed by atoms with E-state index in [-0.39, 0.29) is 22.3 Å². The molecule has 0 aromatic heterocycles. The highest BCUT2D eigenvalue weighted by Gasteiger charge is 2.70. The van der Waals surface area contributed by atoms with Crippen molar-refractivity contribution in [3.05, 3.63) is 53.6 Å². The predicted molar refractivity (Wildman–Crippen MR) is 207 cm³/mol. The maximum atomic E-state index is 12.1. The van der Waals surface area contributed by atoms with Gasteiger partial charge in [0.15, 0.2) is 0 Å². The summed E-state index contributed by atoms with van der Waals surface area (Å²) in [5.41, 5.74) is 5.78. The molecule has 6 nitrogen and oxygen atoms in total. The first-order valence-corrected chi connectivity index (χ1v) is 21.7. The number of allylic oxidation sites excluding steroid dienone is 3. The minimum absolute atomic E-state index is 0.0481. The van der Waals surface area contributed by atoms with Gasteiger partial charge in [0.25, 0.3) is 0 Å². The van der Waals surface area contributed by atoms with Crippen LogP contribution in [0.4, 0.5) is 0 Å². The molecule has 1 aliphatic heterocycles. The van der Waals surface area contributed by atoms with E-state index in [1.54, 1.807) is 0 Å². The fraction of sp³-hybridized carbons (Fsp3) is 0.744. The second kappa shape index (κ2) is 12.7. The highest BCUT2D eigenvalue weighted by atomic mass is 32.3. The summed E-state index contributed by atoms with van der Waals surface area (Å²) in [5.74, 6) is 4.02. The average molecular weight is 707 g/mol. The standard InChI is InChI=1S/C43H66N2O4S/c1-29(2)32-15-20-43(44-23-24-45-25-27-50(47,48)28-26-45)22-21-41(6)34(37(32)43)13-14-36-40(5)18-16-33(30-9-11-31(12-10-30)38(46)49-8)39(3,4)35(40)17-19-42(36,41)7/h9-12,16,32,34-37,44,47-48H,1,13-15,17-28H2,2-8H3/t32-,34+,35-,36+,37+,40-,41+,42+,43-/m0/s1. The van der Waals surface area contributed by atoms with Crippen LogP contribution in [0.25, 0.3) is 5.57 Å². The van der Waals surface area contributed by atoms with E-state index in [1.165, 1.54) is 75.2 Å². The lowest BCUT2D eigenvalue weighted by atomic mass is 9.33. The normalized spacial score (nSPS) is 42.6. The smallest absolute Gasteiger partial charge is 0.337 e. The van der Waals surface area contributed by atoms with E-state index in [0.29, 0.717) is 57.5 Å². The Hall–Kier alpha value is -1.64. The molecule has 5 aliphatic carbocycles. The van der Waals surface area contributed by atoms with E-state index < -0.39 is 10.6 Å². The maximum absolute atomic E-state index is 12.1. The van der Waals surface area contributed by atoms with Gasteiger partial charge >= 0.3 is 5.97 Å². The molecule has 50 heavy (non-hydrogen) atoms. The third-order valence-corrected chi connectivity index (χ3v) is 18.3. The minimum atomic E-state index is -2.36. The topological polar surface area (TPSA) is 82.0 Å². The summed E-state index contributed by atoms with van der Waals surface area (Å²) in [5, 5.41) is 4.25. The fourth-order valence-electron chi connectivity index (χ4n) is 13.9. The first-order chi connectivity index (χ1) is 23.5. The van der Waals surface area contributed by atoms with Crippen LogP contribution in [-0.4, -0.2) is 70.3 Å². The van der Waals surface area contributed by atoms with E-state index >= 15 is 0 Å². The van der Waals surface area contributed by atoms with Gasteiger partial charge in [0, 0.05) is 31.7 Å². The molecule has 7 heteroatoms. The zero-order chi connectivity index (χ0) is 35.9. The van der Waals surface area contributed by atoms with E-state index in [0.717, 1.165) is 32.6 Å². The molecule has 3 N–H and O–H groups in total. The average Bonchev–Trinajstić information content (AvgIpc) is 3.45. The zero-order valence-electron chi connectivity index (χ0n) is 32.2. The molecule has 0 amide bonds. The Morgan fingerprint density at radius 1 is 0.940 bits per heavy atom. The van der Waals surface area contributed by atoms with Gasteiger partial charge in [-0.2, -0.15) is 10.6 Å². The van der Waals surface area contributed by atoms with Gasteiger partial charge in [-0.05, 0) is 139 Å². The Morgan fingerprint density at radius 3 is 2.30 bits per heavy atom. The van der Waals surface area contributed by atoms with Crippen molar-refractivity contribution in [2.45, 2.75) is 105 Å². The number of esters is 1. The molecule has 9 atom stereocenters. The van der Waals surface area contributed by atoms with Crippen LogP contribution in [0.15, 0.2) is 42.5 Å². The Bertz CT molecular complexity index is 1510. The number of nitrogens with zero attached hydrogens (tertiary/aromatic N) is 1. The first-order valence-electron chi connectivity index (χ1n) is 19.8. The summed E-state index contributed by atoms with van der Waals surface area (Å²) in [7, 11) is -0.912. The molecule has 0 spiro atoms. The molecule has 4 saturated carbocycles. The molecule has 1 aromatic rings. The van der Waals surface area contributed by atoms with E-state index in [1.807, 2.05) is 12.1 Å². The Balaban J connectivity index is 1.14. The van der Waals surface area contributed by atoms with Crippen LogP contribution in [-0.2, 0) is 4.74 Å². The van der Waals surface area contributed by atoms with Crippen molar-refractivity contribution in [1.82, 2.24) is 10.2 Å². The number of hydrogen-bond donors (Lipinski definition) is 3. The largest absolute Gasteiger partial charge is 0.465 e. The Morgan fingerprint density at radius 2 is 1.64 bits per heavy atom. The third-order valence-electron chi connectivity index (χ3n) is 16.6. The molecule has 1 aromatic carbocycles. The number of methoxy groups -OCH3 is 1. The lowest BCUT2D eigenvalue weighted by Gasteiger charge is -2.72. The van der Waals surface area contributed by atoms with Crippen molar-refractivity contribution in [3.8, 4) is 0 Å². The monoisotopic (exact) mass is 706 g/mol. The van der Waals surface area contributed by atoms with Crippen molar-refractivity contribution < 1.29 is 18.6 Å². The summed E-state index contributed by atoms with van der Waals surface area (Å²) < 4.78 is 25.2. The SMILES string of the molecule is C=C(C)[C@@H]1CC[C@]2(NCCN3CCS(O)(O)CC3)CC[C@]3(C)[C@H](CC[C@@H]4[C@@]5(C)CC=C(c6ccc(C(=O)OC)cc6)C(C)(C)[C@@H]5CC[C@]43C)[C@@H]12. The number of benzene rings is 1. The zero-order valence-corrected chi connectivity index (χ0v) is 33.0. The highest BCUT2D eigenvalue weighted by molar-refractivity contribution is 8.24. The van der Waals surface area contributed by atoms with Gasteiger partial charge < -0.3 is 10.1 Å². The van der Waals surface area contributed by atoms with Crippen LogP contribution in [0, 0.1) is 51.2 Å². The number of ether oxygens (including phenoxy) is 1. The number of carbonyl (C=O) groups excluding carboxylic acids is 1. The molecule has 1 saturated heterocycles. The molecule has 0 radical (unpaired) electrons. The van der Waals surface area contributed by atoms with Crippen LogP contribution in [0.3, 0.4) is 0 Å². The van der Waals surface area contributed by atoms with Gasteiger partial charge in [0.05, 0.1) is 24.2 Å². The van der Waals surface area contributed by atoms with Gasteiger partial charge in [-0.1, -0.05) is 65.0 Å². The molecule has 0 unspecified atom stereocenters. The molecule has 1 heterocycles. The van der Waals surface area contributed by atoms with Crippen LogP contribution in [0.5, 0.6) is 0 Å². The second-order valence-corrected chi connectivity index (χ2v) is 21.4. The van der Waals surface area contributed by atoms with Gasteiger partial charge in [-0.3, -0.25) is 14.0 Å². The van der Waals surface area contributed by atoms with Crippen molar-refractivity contribution in [2.75, 3.05) is 44.8 Å². The quantitative estimate of drug-likeness (QED) is 0.194. The number of rotatable bonds is 7. The van der Waals surface area contributed by atoms with Crippen molar-refractivity contribution in [2.24, 2.45) is 51.2 Å². The number of hydrogen-bond acceptors (Lipinski definition) is 6. The molecular formula is C43H66N2O4S. The van der Waals surface area contributed by atoms with Crippen molar-refractivity contribution in [1.29, 1.82) is 0 Å². The van der Waals surface area contributed by atoms with Crippen LogP contribution >= 0.6 is 10.6 Å². The molecule has 7 rings (SSSR count). The van der Waals surface area contributed by atoms with Gasteiger partial charge in [-0.15, -0.1) is 0 Å². The number of fused-ring (bicyclic) bond motifs is 7. The van der Waals surface area contributed by atoms with Crippen LogP contribution in [0.2, 0.25) is 0 Å². The fourth-order valence-corrected chi connectivity index (χ4v) is 15.2. The lowest BCUT2D eigenvalue weighted by Crippen LogP contribution is -2.68. The predicted octanol–water partition coefficient (Wildman–Crippen LogP) is 9.53. The summed E-state index contributed by atoms with van der Waals surface area (Å²) in [6, 6.07) is 8.11. The van der Waals surface area contributed by atoms with Gasteiger partial charge in [0.2, 0.25) is 0 Å². The minimum Gasteiger partial charge on any atom is -0.465 e. The van der Waals surface area contributed by atoms with E-state index in [2.05, 4.69) is 76.5 Å². The molecular weight excluding hydrogens is 641 g/mol. The van der Waals surface area contributed by atoms with Gasteiger partial charge in [0.1, 0.15) is 0 Å². The maximum Gasteiger partial charge on any atom is 0.337 e. The number of nitrogens with one attached hydrogen (secondary N) is 1. The van der Waals surface area contributed by atoms with Gasteiger partial charge in [-0.25, -0.2) is 4.79 Å². The summed E-state index contributed by atoms with van der Waals surface area (Å²) in [4.78, 5) is 14.6. The van der Waals surface area contributed by atoms with Crippen molar-refractivity contribution in [3.63, 3.8) is 0 Å². The Labute approximate surface area is 304 Å². The molecule has 6 aliphatic rings. The first kappa shape index (κ1) is 36.7. The Kier molecular flexibility index (Phi) is 9.36. The second-order valence-electron chi connectivity index (χ2n) is 18.9. The van der Waals surface area contributed by atoms with Crippen molar-refractivity contribution >= 4 is 22.1 Å². The molecule has 278 valence electrons. The van der Waals surface area contributed by atoms with Crippen LogP contribution in [0.1, 0.15) is 115 Å². The molecule has 5 fully saturated rings. The number of carbonyl (C=O) groups is 1. The van der Waals surface area contributed by atoms with E-state index in [9.17, 15) is 13.9 Å².